The Morgan fingerprint density at radius 3 is 2.33 bits per heavy atom. The molecule has 1 unspecified atom stereocenters. The Labute approximate surface area is 114 Å². The van der Waals surface area contributed by atoms with E-state index in [2.05, 4.69) is 45.9 Å². The highest BCUT2D eigenvalue weighted by Crippen LogP contribution is 2.29. The molecule has 0 fully saturated rings. The number of rotatable bonds is 8. The van der Waals surface area contributed by atoms with Crippen LogP contribution in [0.3, 0.4) is 0 Å². The fraction of sp³-hybridized carbons (Fsp3) is 0.667. The molecule has 0 heterocycles. The van der Waals surface area contributed by atoms with E-state index in [0.29, 0.717) is 0 Å². The first kappa shape index (κ1) is 15.3. The summed E-state index contributed by atoms with van der Waals surface area (Å²) in [4.78, 5) is 0. The molecule has 1 atom stereocenters. The molecule has 0 aliphatic rings. The Morgan fingerprint density at radius 2 is 1.67 bits per heavy atom. The van der Waals surface area contributed by atoms with Crippen LogP contribution in [0.2, 0.25) is 0 Å². The van der Waals surface area contributed by atoms with Crippen molar-refractivity contribution < 1.29 is 0 Å². The normalized spacial score (nSPS) is 12.7. The van der Waals surface area contributed by atoms with Crippen LogP contribution in [0.25, 0.3) is 0 Å². The second kappa shape index (κ2) is 8.34. The molecule has 0 aromatic heterocycles. The minimum atomic E-state index is 0.770. The molecule has 0 spiro atoms. The van der Waals surface area contributed by atoms with Crippen LogP contribution < -0.4 is 0 Å². The number of hydrogen-bond donors (Lipinski definition) is 0. The van der Waals surface area contributed by atoms with Gasteiger partial charge in [-0.3, -0.25) is 0 Å². The number of hydrogen-bond acceptors (Lipinski definition) is 0. The SMILES string of the molecule is CCCCCCCC(CC)c1cc(C)ccc1C. The number of benzene rings is 1. The largest absolute Gasteiger partial charge is 0.0654 e. The molecule has 0 saturated heterocycles. The van der Waals surface area contributed by atoms with E-state index in [1.165, 1.54) is 56.1 Å². The number of aryl methyl sites for hydroxylation is 2. The average molecular weight is 246 g/mol. The zero-order valence-electron chi connectivity index (χ0n) is 12.8. The molecule has 0 heteroatoms. The number of unbranched alkanes of at least 4 members (excludes halogenated alkanes) is 4. The third-order valence-electron chi connectivity index (χ3n) is 4.02. The highest BCUT2D eigenvalue weighted by Gasteiger charge is 2.11. The highest BCUT2D eigenvalue weighted by atomic mass is 14.2. The average Bonchev–Trinajstić information content (AvgIpc) is 2.37. The second-order valence-electron chi connectivity index (χ2n) is 5.67. The molecular formula is C18H30. The maximum absolute atomic E-state index is 2.40. The lowest BCUT2D eigenvalue weighted by Gasteiger charge is -2.18. The lowest BCUT2D eigenvalue weighted by molar-refractivity contribution is 0.533. The zero-order chi connectivity index (χ0) is 13.4. The first-order valence-electron chi connectivity index (χ1n) is 7.76. The summed E-state index contributed by atoms with van der Waals surface area (Å²) in [5.41, 5.74) is 4.47. The van der Waals surface area contributed by atoms with Crippen molar-refractivity contribution in [3.05, 3.63) is 34.9 Å². The summed E-state index contributed by atoms with van der Waals surface area (Å²) >= 11 is 0. The van der Waals surface area contributed by atoms with Gasteiger partial charge in [-0.15, -0.1) is 0 Å². The van der Waals surface area contributed by atoms with E-state index in [9.17, 15) is 0 Å². The van der Waals surface area contributed by atoms with Crippen molar-refractivity contribution in [1.82, 2.24) is 0 Å². The van der Waals surface area contributed by atoms with Crippen molar-refractivity contribution in [2.24, 2.45) is 0 Å². The van der Waals surface area contributed by atoms with E-state index in [0.717, 1.165) is 5.92 Å². The summed E-state index contributed by atoms with van der Waals surface area (Å²) < 4.78 is 0. The summed E-state index contributed by atoms with van der Waals surface area (Å²) in [5.74, 6) is 0.770. The summed E-state index contributed by atoms with van der Waals surface area (Å²) in [6.45, 7) is 9.08. The van der Waals surface area contributed by atoms with Gasteiger partial charge in [0.05, 0.1) is 0 Å². The zero-order valence-corrected chi connectivity index (χ0v) is 12.8. The minimum Gasteiger partial charge on any atom is -0.0654 e. The summed E-state index contributed by atoms with van der Waals surface area (Å²) in [7, 11) is 0. The van der Waals surface area contributed by atoms with E-state index in [1.807, 2.05) is 0 Å². The van der Waals surface area contributed by atoms with Crippen LogP contribution in [-0.2, 0) is 0 Å². The maximum Gasteiger partial charge on any atom is -0.0162 e. The van der Waals surface area contributed by atoms with Crippen molar-refractivity contribution in [2.45, 2.75) is 78.6 Å². The van der Waals surface area contributed by atoms with Crippen LogP contribution in [0.5, 0.6) is 0 Å². The van der Waals surface area contributed by atoms with Crippen LogP contribution in [0, 0.1) is 13.8 Å². The summed E-state index contributed by atoms with van der Waals surface area (Å²) in [5, 5.41) is 0. The van der Waals surface area contributed by atoms with Gasteiger partial charge in [0.15, 0.2) is 0 Å². The molecule has 0 saturated carbocycles. The fourth-order valence-corrected chi connectivity index (χ4v) is 2.77. The fourth-order valence-electron chi connectivity index (χ4n) is 2.77. The van der Waals surface area contributed by atoms with E-state index < -0.39 is 0 Å². The van der Waals surface area contributed by atoms with E-state index >= 15 is 0 Å². The molecule has 0 nitrogen and oxygen atoms in total. The third-order valence-corrected chi connectivity index (χ3v) is 4.02. The topological polar surface area (TPSA) is 0 Å². The molecule has 102 valence electrons. The van der Waals surface area contributed by atoms with Crippen molar-refractivity contribution in [1.29, 1.82) is 0 Å². The molecule has 1 rings (SSSR count). The summed E-state index contributed by atoms with van der Waals surface area (Å²) in [6, 6.07) is 6.91. The summed E-state index contributed by atoms with van der Waals surface area (Å²) in [6.07, 6.45) is 9.61. The Kier molecular flexibility index (Phi) is 7.08. The lowest BCUT2D eigenvalue weighted by atomic mass is 9.87. The van der Waals surface area contributed by atoms with Gasteiger partial charge in [0.2, 0.25) is 0 Å². The molecule has 1 aromatic carbocycles. The van der Waals surface area contributed by atoms with Crippen LogP contribution >= 0.6 is 0 Å². The van der Waals surface area contributed by atoms with Crippen LogP contribution in [-0.4, -0.2) is 0 Å². The third kappa shape index (κ3) is 4.84. The first-order valence-corrected chi connectivity index (χ1v) is 7.76. The highest BCUT2D eigenvalue weighted by molar-refractivity contribution is 5.33. The van der Waals surface area contributed by atoms with Crippen molar-refractivity contribution in [3.63, 3.8) is 0 Å². The molecule has 0 amide bonds. The van der Waals surface area contributed by atoms with Gasteiger partial charge in [0, 0.05) is 0 Å². The minimum absolute atomic E-state index is 0.770. The smallest absolute Gasteiger partial charge is 0.0162 e. The van der Waals surface area contributed by atoms with Gasteiger partial charge in [-0.05, 0) is 43.7 Å². The maximum atomic E-state index is 2.40. The quantitative estimate of drug-likeness (QED) is 0.482. The van der Waals surface area contributed by atoms with Crippen LogP contribution in [0.15, 0.2) is 18.2 Å². The van der Waals surface area contributed by atoms with E-state index in [1.54, 1.807) is 5.56 Å². The van der Waals surface area contributed by atoms with Gasteiger partial charge in [0.25, 0.3) is 0 Å². The van der Waals surface area contributed by atoms with Crippen molar-refractivity contribution >= 4 is 0 Å². The molecule has 0 bridgehead atoms. The first-order chi connectivity index (χ1) is 8.69. The lowest BCUT2D eigenvalue weighted by Crippen LogP contribution is -2.01. The van der Waals surface area contributed by atoms with E-state index in [4.69, 9.17) is 0 Å². The Hall–Kier alpha value is -0.780. The molecule has 0 radical (unpaired) electrons. The molecular weight excluding hydrogens is 216 g/mol. The van der Waals surface area contributed by atoms with Gasteiger partial charge in [-0.2, -0.15) is 0 Å². The van der Waals surface area contributed by atoms with Gasteiger partial charge < -0.3 is 0 Å². The van der Waals surface area contributed by atoms with Crippen LogP contribution in [0.1, 0.15) is 81.4 Å². The predicted molar refractivity (Wildman–Crippen MR) is 82.3 cm³/mol. The molecule has 1 aromatic rings. The van der Waals surface area contributed by atoms with Gasteiger partial charge >= 0.3 is 0 Å². The van der Waals surface area contributed by atoms with Crippen molar-refractivity contribution in [2.75, 3.05) is 0 Å². The molecule has 0 aliphatic heterocycles. The molecule has 0 aliphatic carbocycles. The monoisotopic (exact) mass is 246 g/mol. The van der Waals surface area contributed by atoms with Gasteiger partial charge in [-0.25, -0.2) is 0 Å². The van der Waals surface area contributed by atoms with Crippen LogP contribution in [0.4, 0.5) is 0 Å². The Balaban J connectivity index is 2.52. The van der Waals surface area contributed by atoms with Crippen molar-refractivity contribution in [3.8, 4) is 0 Å². The predicted octanol–water partition coefficient (Wildman–Crippen LogP) is 6.16. The standard InChI is InChI=1S/C18H30/c1-5-7-8-9-10-11-17(6-2)18-14-15(3)12-13-16(18)4/h12-14,17H,5-11H2,1-4H3. The Morgan fingerprint density at radius 1 is 0.944 bits per heavy atom. The van der Waals surface area contributed by atoms with Gasteiger partial charge in [0.1, 0.15) is 0 Å². The van der Waals surface area contributed by atoms with E-state index in [-0.39, 0.29) is 0 Å². The Bertz CT molecular complexity index is 338. The van der Waals surface area contributed by atoms with Gasteiger partial charge in [-0.1, -0.05) is 69.7 Å². The molecule has 0 N–H and O–H groups in total. The second-order valence-corrected chi connectivity index (χ2v) is 5.67. The molecule has 18 heavy (non-hydrogen) atoms.